The van der Waals surface area contributed by atoms with E-state index in [1.165, 1.54) is 14.2 Å². The van der Waals surface area contributed by atoms with Crippen LogP contribution in [0.15, 0.2) is 47.2 Å². The van der Waals surface area contributed by atoms with Crippen LogP contribution < -0.4 is 0 Å². The van der Waals surface area contributed by atoms with Gasteiger partial charge in [0.25, 0.3) is 0 Å². The first-order valence-electron chi connectivity index (χ1n) is 9.48. The van der Waals surface area contributed by atoms with Crippen molar-refractivity contribution in [2.45, 2.75) is 20.8 Å². The third-order valence-electron chi connectivity index (χ3n) is 4.34. The molecule has 0 spiro atoms. The molecule has 6 nitrogen and oxygen atoms in total. The molecule has 1 rings (SSSR count). The second-order valence-corrected chi connectivity index (χ2v) is 8.31. The van der Waals surface area contributed by atoms with Crippen molar-refractivity contribution >= 4 is 17.5 Å². The van der Waals surface area contributed by atoms with E-state index in [4.69, 9.17) is 9.47 Å². The van der Waals surface area contributed by atoms with E-state index in [2.05, 4.69) is 20.8 Å². The molecule has 0 unspecified atom stereocenters. The number of methoxy groups -OCH3 is 2. The fourth-order valence-electron chi connectivity index (χ4n) is 3.38. The lowest BCUT2D eigenvalue weighted by Gasteiger charge is -2.33. The second kappa shape index (κ2) is 10.3. The van der Waals surface area contributed by atoms with Crippen molar-refractivity contribution < 1.29 is 19.1 Å². The average Bonchev–Trinajstić information content (AvgIpc) is 2.63. The molecule has 0 heterocycles. The maximum atomic E-state index is 12.6. The minimum Gasteiger partial charge on any atom is -0.465 e. The lowest BCUT2D eigenvalue weighted by molar-refractivity contribution is -0.144. The van der Waals surface area contributed by atoms with E-state index in [9.17, 15) is 9.59 Å². The van der Waals surface area contributed by atoms with Gasteiger partial charge in [-0.2, -0.15) is 0 Å². The summed E-state index contributed by atoms with van der Waals surface area (Å²) in [5, 5.41) is 0. The highest BCUT2D eigenvalue weighted by Gasteiger charge is 2.32. The van der Waals surface area contributed by atoms with Gasteiger partial charge in [-0.15, -0.1) is 0 Å². The van der Waals surface area contributed by atoms with Gasteiger partial charge < -0.3 is 19.3 Å². The Morgan fingerprint density at radius 3 is 1.72 bits per heavy atom. The molecule has 1 aromatic carbocycles. The number of ether oxygens (including phenoxy) is 2. The third kappa shape index (κ3) is 6.19. The summed E-state index contributed by atoms with van der Waals surface area (Å²) in [6, 6.07) is 10.0. The summed E-state index contributed by atoms with van der Waals surface area (Å²) in [5.74, 6) is -1.45. The number of carbonyl (C=O) groups excluding carboxylic acids is 2. The summed E-state index contributed by atoms with van der Waals surface area (Å²) in [7, 11) is 10.0. The number of esters is 2. The Kier molecular flexibility index (Phi) is 8.64. The minimum atomic E-state index is -0.724. The van der Waals surface area contributed by atoms with E-state index in [0.717, 1.165) is 16.7 Å². The van der Waals surface area contributed by atoms with Gasteiger partial charge in [0.15, 0.2) is 5.57 Å². The van der Waals surface area contributed by atoms with Crippen LogP contribution in [0, 0.1) is 5.41 Å². The largest absolute Gasteiger partial charge is 0.465 e. The average molecular weight is 403 g/mol. The monoisotopic (exact) mass is 402 g/mol. The van der Waals surface area contributed by atoms with Gasteiger partial charge in [-0.3, -0.25) is 0 Å². The smallest absolute Gasteiger partial charge is 0.347 e. The van der Waals surface area contributed by atoms with Gasteiger partial charge in [0.1, 0.15) is 0 Å². The maximum Gasteiger partial charge on any atom is 0.347 e. The molecule has 6 heteroatoms. The molecule has 1 aromatic rings. The van der Waals surface area contributed by atoms with E-state index in [0.29, 0.717) is 12.2 Å². The third-order valence-corrected chi connectivity index (χ3v) is 4.34. The fraction of sp³-hybridized carbons (Fsp3) is 0.478. The van der Waals surface area contributed by atoms with Gasteiger partial charge >= 0.3 is 11.9 Å². The molecule has 0 amide bonds. The summed E-state index contributed by atoms with van der Waals surface area (Å²) in [6.07, 6.45) is 0. The van der Waals surface area contributed by atoms with Gasteiger partial charge in [-0.05, 0) is 36.2 Å². The molecule has 0 aliphatic rings. The Balaban J connectivity index is 4.16. The number of allylic oxidation sites excluding steroid dienone is 1. The Bertz CT molecular complexity index is 767. The topological polar surface area (TPSA) is 59.1 Å². The summed E-state index contributed by atoms with van der Waals surface area (Å²) < 4.78 is 9.86. The highest BCUT2D eigenvalue weighted by Crippen LogP contribution is 2.40. The molecule has 160 valence electrons. The number of benzene rings is 1. The Morgan fingerprint density at radius 1 is 0.897 bits per heavy atom. The molecule has 0 saturated heterocycles. The van der Waals surface area contributed by atoms with Crippen molar-refractivity contribution in [2.75, 3.05) is 49.0 Å². The lowest BCUT2D eigenvalue weighted by atomic mass is 9.77. The standard InChI is InChI=1S/C23H34N2O4/c1-23(2,3)19(16-13-11-10-12-14-16)17(15-24(4)5)20(25(6)7)18(21(26)28-8)22(27)29-9/h10-14H,15H2,1-9H3/b19-17-. The van der Waals surface area contributed by atoms with Crippen molar-refractivity contribution in [3.63, 3.8) is 0 Å². The summed E-state index contributed by atoms with van der Waals surface area (Å²) >= 11 is 0. The summed E-state index contributed by atoms with van der Waals surface area (Å²) in [5.41, 5.74) is 3.06. The number of nitrogens with zero attached hydrogens (tertiary/aromatic N) is 2. The molecule has 0 aromatic heterocycles. The van der Waals surface area contributed by atoms with Crippen LogP contribution in [0.1, 0.15) is 26.3 Å². The molecule has 0 N–H and O–H groups in total. The van der Waals surface area contributed by atoms with E-state index in [1.807, 2.05) is 63.4 Å². The minimum absolute atomic E-state index is 0.116. The lowest BCUT2D eigenvalue weighted by Crippen LogP contribution is -2.30. The zero-order valence-corrected chi connectivity index (χ0v) is 19.1. The highest BCUT2D eigenvalue weighted by molar-refractivity contribution is 6.15. The van der Waals surface area contributed by atoms with Crippen molar-refractivity contribution in [1.82, 2.24) is 9.80 Å². The van der Waals surface area contributed by atoms with Crippen molar-refractivity contribution in [3.05, 3.63) is 52.7 Å². The van der Waals surface area contributed by atoms with E-state index < -0.39 is 11.9 Å². The van der Waals surface area contributed by atoms with Crippen LogP contribution in [0.5, 0.6) is 0 Å². The zero-order chi connectivity index (χ0) is 22.4. The number of hydrogen-bond donors (Lipinski definition) is 0. The molecule has 0 fully saturated rings. The van der Waals surface area contributed by atoms with Crippen LogP contribution in [-0.2, 0) is 19.1 Å². The number of hydrogen-bond acceptors (Lipinski definition) is 6. The highest BCUT2D eigenvalue weighted by atomic mass is 16.5. The van der Waals surface area contributed by atoms with Gasteiger partial charge in [0.05, 0.1) is 19.9 Å². The van der Waals surface area contributed by atoms with Gasteiger partial charge in [-0.25, -0.2) is 9.59 Å². The first-order valence-corrected chi connectivity index (χ1v) is 9.48. The zero-order valence-electron chi connectivity index (χ0n) is 19.1. The predicted octanol–water partition coefficient (Wildman–Crippen LogP) is 3.21. The Hall–Kier alpha value is -2.60. The first kappa shape index (κ1) is 24.4. The van der Waals surface area contributed by atoms with Crippen LogP contribution in [0.25, 0.3) is 5.57 Å². The Labute approximate surface area is 174 Å². The van der Waals surface area contributed by atoms with Crippen LogP contribution in [0.2, 0.25) is 0 Å². The van der Waals surface area contributed by atoms with Crippen LogP contribution in [-0.4, -0.2) is 70.7 Å². The van der Waals surface area contributed by atoms with Crippen molar-refractivity contribution in [1.29, 1.82) is 0 Å². The number of likely N-dealkylation sites (N-methyl/N-ethyl adjacent to an activating group) is 2. The molecule has 0 bridgehead atoms. The van der Waals surface area contributed by atoms with Crippen molar-refractivity contribution in [2.24, 2.45) is 5.41 Å². The number of carbonyl (C=O) groups is 2. The van der Waals surface area contributed by atoms with E-state index in [1.54, 1.807) is 4.90 Å². The van der Waals surface area contributed by atoms with Crippen LogP contribution in [0.4, 0.5) is 0 Å². The molecule has 0 saturated carbocycles. The summed E-state index contributed by atoms with van der Waals surface area (Å²) in [4.78, 5) is 29.0. The van der Waals surface area contributed by atoms with Crippen LogP contribution in [0.3, 0.4) is 0 Å². The van der Waals surface area contributed by atoms with Crippen molar-refractivity contribution in [3.8, 4) is 0 Å². The predicted molar refractivity (Wildman–Crippen MR) is 116 cm³/mol. The molecule has 0 aliphatic heterocycles. The fourth-order valence-corrected chi connectivity index (χ4v) is 3.38. The normalized spacial score (nSPS) is 12.2. The molecular weight excluding hydrogens is 368 g/mol. The molecule has 0 atom stereocenters. The molecular formula is C23H34N2O4. The van der Waals surface area contributed by atoms with Gasteiger partial charge in [0, 0.05) is 20.6 Å². The first-order chi connectivity index (χ1) is 13.4. The molecule has 0 radical (unpaired) electrons. The second-order valence-electron chi connectivity index (χ2n) is 8.31. The van der Waals surface area contributed by atoms with Gasteiger partial charge in [0.2, 0.25) is 0 Å². The quantitative estimate of drug-likeness (QED) is 0.229. The molecule has 29 heavy (non-hydrogen) atoms. The summed E-state index contributed by atoms with van der Waals surface area (Å²) in [6.45, 7) is 6.88. The van der Waals surface area contributed by atoms with Crippen LogP contribution >= 0.6 is 0 Å². The molecule has 0 aliphatic carbocycles. The maximum absolute atomic E-state index is 12.6. The van der Waals surface area contributed by atoms with E-state index in [-0.39, 0.29) is 11.0 Å². The Morgan fingerprint density at radius 2 is 1.38 bits per heavy atom. The number of rotatable bonds is 7. The van der Waals surface area contributed by atoms with E-state index >= 15 is 0 Å². The van der Waals surface area contributed by atoms with Gasteiger partial charge in [-0.1, -0.05) is 51.1 Å². The SMILES string of the molecule is COC(=O)C(C(=O)OC)=C(/C(CN(C)C)=C(/c1ccccc1)C(C)(C)C)N(C)C.